The first-order valence-corrected chi connectivity index (χ1v) is 7.52. The van der Waals surface area contributed by atoms with E-state index in [9.17, 15) is 0 Å². The number of halogens is 1. The molecular formula is C15H19ClN2S. The summed E-state index contributed by atoms with van der Waals surface area (Å²) in [7, 11) is 0. The molecule has 1 aromatic carbocycles. The number of aryl methyl sites for hydroxylation is 1. The zero-order valence-electron chi connectivity index (χ0n) is 11.7. The minimum absolute atomic E-state index is 0.0590. The Balaban J connectivity index is 2.34. The van der Waals surface area contributed by atoms with Gasteiger partial charge in [0.15, 0.2) is 0 Å². The van der Waals surface area contributed by atoms with E-state index in [0.29, 0.717) is 0 Å². The Kier molecular flexibility index (Phi) is 4.00. The van der Waals surface area contributed by atoms with Crippen molar-refractivity contribution in [3.05, 3.63) is 50.4 Å². The van der Waals surface area contributed by atoms with Crippen LogP contribution in [0.15, 0.2) is 23.6 Å². The van der Waals surface area contributed by atoms with Crippen LogP contribution in [-0.4, -0.2) is 4.98 Å². The van der Waals surface area contributed by atoms with Crippen molar-refractivity contribution in [2.75, 3.05) is 0 Å². The molecule has 0 saturated carbocycles. The summed E-state index contributed by atoms with van der Waals surface area (Å²) in [5.74, 6) is 0. The zero-order chi connectivity index (χ0) is 14.2. The molecule has 1 unspecified atom stereocenters. The summed E-state index contributed by atoms with van der Waals surface area (Å²) in [6.45, 7) is 8.50. The molecule has 0 radical (unpaired) electrons. The van der Waals surface area contributed by atoms with Crippen molar-refractivity contribution in [2.24, 2.45) is 5.73 Å². The Labute approximate surface area is 123 Å². The molecule has 102 valence electrons. The molecule has 1 atom stereocenters. The van der Waals surface area contributed by atoms with Crippen LogP contribution >= 0.6 is 22.9 Å². The van der Waals surface area contributed by atoms with Gasteiger partial charge in [0, 0.05) is 15.8 Å². The second-order valence-electron chi connectivity index (χ2n) is 5.80. The number of rotatable bonds is 2. The fourth-order valence-corrected chi connectivity index (χ4v) is 3.19. The highest BCUT2D eigenvalue weighted by Gasteiger charge is 2.21. The molecule has 0 amide bonds. The maximum atomic E-state index is 6.33. The molecule has 0 fully saturated rings. The van der Waals surface area contributed by atoms with Gasteiger partial charge in [0.1, 0.15) is 5.01 Å². The topological polar surface area (TPSA) is 38.9 Å². The quantitative estimate of drug-likeness (QED) is 0.888. The number of hydrogen-bond acceptors (Lipinski definition) is 3. The number of benzene rings is 1. The minimum atomic E-state index is -0.182. The summed E-state index contributed by atoms with van der Waals surface area (Å²) in [6, 6.07) is 5.62. The monoisotopic (exact) mass is 294 g/mol. The third-order valence-corrected chi connectivity index (χ3v) is 4.29. The number of nitrogens with two attached hydrogens (primary N) is 1. The summed E-state index contributed by atoms with van der Waals surface area (Å²) < 4.78 is 0. The summed E-state index contributed by atoms with van der Waals surface area (Å²) >= 11 is 7.60. The molecule has 0 saturated heterocycles. The molecule has 19 heavy (non-hydrogen) atoms. The molecule has 2 nitrogen and oxygen atoms in total. The molecule has 4 heteroatoms. The highest BCUT2D eigenvalue weighted by molar-refractivity contribution is 7.09. The van der Waals surface area contributed by atoms with Gasteiger partial charge >= 0.3 is 0 Å². The van der Waals surface area contributed by atoms with Crippen LogP contribution < -0.4 is 5.73 Å². The van der Waals surface area contributed by atoms with Gasteiger partial charge in [-0.2, -0.15) is 0 Å². The van der Waals surface area contributed by atoms with Gasteiger partial charge in [0.05, 0.1) is 11.7 Å². The number of aromatic nitrogens is 1. The van der Waals surface area contributed by atoms with Crippen LogP contribution in [0.25, 0.3) is 0 Å². The molecular weight excluding hydrogens is 276 g/mol. The minimum Gasteiger partial charge on any atom is -0.318 e. The predicted octanol–water partition coefficient (Wildman–Crippen LogP) is 4.45. The third-order valence-electron chi connectivity index (χ3n) is 3.12. The number of thiazole rings is 1. The lowest BCUT2D eigenvalue weighted by Gasteiger charge is -2.15. The standard InChI is InChI=1S/C15H19ClN2S/c1-9-7-10(16)5-6-11(9)13(17)14-18-12(8-19-14)15(2,3)4/h5-8,13H,17H2,1-4H3. The maximum Gasteiger partial charge on any atom is 0.114 e. The lowest BCUT2D eigenvalue weighted by atomic mass is 9.93. The van der Waals surface area contributed by atoms with E-state index in [1.165, 1.54) is 0 Å². The van der Waals surface area contributed by atoms with Crippen molar-refractivity contribution < 1.29 is 0 Å². The first-order valence-electron chi connectivity index (χ1n) is 6.26. The second kappa shape index (κ2) is 5.23. The Morgan fingerprint density at radius 1 is 1.32 bits per heavy atom. The largest absolute Gasteiger partial charge is 0.318 e. The smallest absolute Gasteiger partial charge is 0.114 e. The molecule has 0 aliphatic carbocycles. The fourth-order valence-electron chi connectivity index (χ4n) is 1.90. The van der Waals surface area contributed by atoms with E-state index in [0.717, 1.165) is 26.9 Å². The zero-order valence-corrected chi connectivity index (χ0v) is 13.3. The van der Waals surface area contributed by atoms with Gasteiger partial charge in [-0.3, -0.25) is 0 Å². The van der Waals surface area contributed by atoms with E-state index < -0.39 is 0 Å². The van der Waals surface area contributed by atoms with Crippen molar-refractivity contribution in [1.29, 1.82) is 0 Å². The van der Waals surface area contributed by atoms with E-state index in [2.05, 4.69) is 31.1 Å². The van der Waals surface area contributed by atoms with E-state index in [1.54, 1.807) is 11.3 Å². The molecule has 2 rings (SSSR count). The van der Waals surface area contributed by atoms with E-state index >= 15 is 0 Å². The average Bonchev–Trinajstić information content (AvgIpc) is 2.76. The summed E-state index contributed by atoms with van der Waals surface area (Å²) in [5.41, 5.74) is 9.67. The highest BCUT2D eigenvalue weighted by atomic mass is 35.5. The molecule has 0 aliphatic heterocycles. The fraction of sp³-hybridized carbons (Fsp3) is 0.400. The van der Waals surface area contributed by atoms with Gasteiger partial charge < -0.3 is 5.73 Å². The predicted molar refractivity (Wildman–Crippen MR) is 83.0 cm³/mol. The molecule has 0 spiro atoms. The van der Waals surface area contributed by atoms with Gasteiger partial charge in [-0.25, -0.2) is 4.98 Å². The van der Waals surface area contributed by atoms with Crippen molar-refractivity contribution in [3.8, 4) is 0 Å². The van der Waals surface area contributed by atoms with Crippen LogP contribution in [0.1, 0.15) is 48.6 Å². The molecule has 1 aromatic heterocycles. The highest BCUT2D eigenvalue weighted by Crippen LogP contribution is 2.30. The van der Waals surface area contributed by atoms with Gasteiger partial charge in [-0.15, -0.1) is 11.3 Å². The lowest BCUT2D eigenvalue weighted by molar-refractivity contribution is 0.569. The Morgan fingerprint density at radius 2 is 2.00 bits per heavy atom. The van der Waals surface area contributed by atoms with Gasteiger partial charge in [-0.05, 0) is 30.2 Å². The Morgan fingerprint density at radius 3 is 2.53 bits per heavy atom. The molecule has 2 N–H and O–H groups in total. The van der Waals surface area contributed by atoms with Gasteiger partial charge in [-0.1, -0.05) is 38.4 Å². The molecule has 1 heterocycles. The van der Waals surface area contributed by atoms with Crippen LogP contribution in [0, 0.1) is 6.92 Å². The van der Waals surface area contributed by atoms with Crippen LogP contribution in [0.4, 0.5) is 0 Å². The van der Waals surface area contributed by atoms with Crippen LogP contribution in [0.5, 0.6) is 0 Å². The summed E-state index contributed by atoms with van der Waals surface area (Å²) in [4.78, 5) is 4.68. The summed E-state index contributed by atoms with van der Waals surface area (Å²) in [5, 5.41) is 3.79. The summed E-state index contributed by atoms with van der Waals surface area (Å²) in [6.07, 6.45) is 0. The first-order chi connectivity index (χ1) is 8.79. The lowest BCUT2D eigenvalue weighted by Crippen LogP contribution is -2.15. The average molecular weight is 295 g/mol. The van der Waals surface area contributed by atoms with Crippen LogP contribution in [0.3, 0.4) is 0 Å². The van der Waals surface area contributed by atoms with Gasteiger partial charge in [0.25, 0.3) is 0 Å². The SMILES string of the molecule is Cc1cc(Cl)ccc1C(N)c1nc(C(C)(C)C)cs1. The van der Waals surface area contributed by atoms with Crippen molar-refractivity contribution in [2.45, 2.75) is 39.2 Å². The first kappa shape index (κ1) is 14.5. The van der Waals surface area contributed by atoms with E-state index in [1.807, 2.05) is 25.1 Å². The Bertz CT molecular complexity index is 584. The van der Waals surface area contributed by atoms with E-state index in [4.69, 9.17) is 17.3 Å². The second-order valence-corrected chi connectivity index (χ2v) is 7.13. The van der Waals surface area contributed by atoms with Crippen LogP contribution in [-0.2, 0) is 5.41 Å². The number of hydrogen-bond donors (Lipinski definition) is 1. The molecule has 2 aromatic rings. The van der Waals surface area contributed by atoms with Gasteiger partial charge in [0.2, 0.25) is 0 Å². The normalized spacial score (nSPS) is 13.6. The molecule has 0 bridgehead atoms. The van der Waals surface area contributed by atoms with Crippen molar-refractivity contribution in [3.63, 3.8) is 0 Å². The van der Waals surface area contributed by atoms with Crippen molar-refractivity contribution in [1.82, 2.24) is 4.98 Å². The van der Waals surface area contributed by atoms with Crippen LogP contribution in [0.2, 0.25) is 5.02 Å². The Hall–Kier alpha value is -0.900. The maximum absolute atomic E-state index is 6.33. The van der Waals surface area contributed by atoms with E-state index in [-0.39, 0.29) is 11.5 Å². The molecule has 0 aliphatic rings. The van der Waals surface area contributed by atoms with Crippen molar-refractivity contribution >= 4 is 22.9 Å². The third kappa shape index (κ3) is 3.16. The number of nitrogens with zero attached hydrogens (tertiary/aromatic N) is 1.